The number of carbonyl (C=O) groups is 1. The molecule has 2 saturated heterocycles. The fraction of sp³-hybridized carbons (Fsp3) is 0.545. The van der Waals surface area contributed by atoms with E-state index in [1.54, 1.807) is 0 Å². The van der Waals surface area contributed by atoms with Crippen LogP contribution >= 0.6 is 0 Å². The number of carbonyl (C=O) groups excluding carboxylic acids is 1. The maximum absolute atomic E-state index is 12.7. The maximum atomic E-state index is 12.7. The largest absolute Gasteiger partial charge is 0.337 e. The number of likely N-dealkylation sites (tertiary alicyclic amines) is 2. The monoisotopic (exact) mass is 366 g/mol. The van der Waals surface area contributed by atoms with Crippen LogP contribution in [0.5, 0.6) is 0 Å². The number of aromatic nitrogens is 2. The summed E-state index contributed by atoms with van der Waals surface area (Å²) in [5.41, 5.74) is 3.26. The zero-order valence-electron chi connectivity index (χ0n) is 16.4. The van der Waals surface area contributed by atoms with Crippen LogP contribution in [-0.4, -0.2) is 58.6 Å². The first-order valence-corrected chi connectivity index (χ1v) is 10.2. The van der Waals surface area contributed by atoms with Gasteiger partial charge in [-0.15, -0.1) is 0 Å². The number of nitrogens with zero attached hydrogens (tertiary/aromatic N) is 3. The van der Waals surface area contributed by atoms with Gasteiger partial charge in [-0.25, -0.2) is 0 Å². The van der Waals surface area contributed by atoms with Crippen molar-refractivity contribution in [2.24, 2.45) is 5.41 Å². The SMILES string of the molecule is CCN1C[C@@H](c2ccccc2)CC2(CCN(C(=O)c3cc(C)[nH]n3)CC2)C1. The standard InChI is InChI=1S/C22H30N4O/c1-3-25-15-19(18-7-5-4-6-8-18)14-22(16-25)9-11-26(12-10-22)21(27)20-13-17(2)23-24-20/h4-8,13,19H,3,9-12,14-16H2,1-2H3,(H,23,24)/t19-/m0/s1. The smallest absolute Gasteiger partial charge is 0.274 e. The minimum Gasteiger partial charge on any atom is -0.337 e. The summed E-state index contributed by atoms with van der Waals surface area (Å²) in [6.07, 6.45) is 3.40. The lowest BCUT2D eigenvalue weighted by molar-refractivity contribution is 0.0156. The quantitative estimate of drug-likeness (QED) is 0.905. The predicted molar refractivity (Wildman–Crippen MR) is 107 cm³/mol. The third-order valence-electron chi connectivity index (χ3n) is 6.47. The summed E-state index contributed by atoms with van der Waals surface area (Å²) in [5.74, 6) is 0.660. The molecule has 27 heavy (non-hydrogen) atoms. The van der Waals surface area contributed by atoms with Crippen molar-refractivity contribution in [3.8, 4) is 0 Å². The van der Waals surface area contributed by atoms with E-state index >= 15 is 0 Å². The second-order valence-electron chi connectivity index (χ2n) is 8.37. The Balaban J connectivity index is 1.46. The number of likely N-dealkylation sites (N-methyl/N-ethyl adjacent to an activating group) is 1. The van der Waals surface area contributed by atoms with Gasteiger partial charge in [0.1, 0.15) is 5.69 Å². The first-order chi connectivity index (χ1) is 13.1. The first kappa shape index (κ1) is 18.2. The lowest BCUT2D eigenvalue weighted by Gasteiger charge is -2.50. The van der Waals surface area contributed by atoms with Crippen LogP contribution in [0.1, 0.15) is 53.8 Å². The Kier molecular flexibility index (Phi) is 5.04. The number of nitrogens with one attached hydrogen (secondary N) is 1. The van der Waals surface area contributed by atoms with Crippen molar-refractivity contribution in [1.82, 2.24) is 20.0 Å². The van der Waals surface area contributed by atoms with E-state index in [4.69, 9.17) is 0 Å². The van der Waals surface area contributed by atoms with E-state index in [9.17, 15) is 4.79 Å². The second-order valence-corrected chi connectivity index (χ2v) is 8.37. The molecule has 144 valence electrons. The Morgan fingerprint density at radius 2 is 2.00 bits per heavy atom. The molecule has 2 fully saturated rings. The molecular weight excluding hydrogens is 336 g/mol. The number of piperidine rings is 2. The average Bonchev–Trinajstić information content (AvgIpc) is 3.15. The number of H-pyrrole nitrogens is 1. The van der Waals surface area contributed by atoms with Gasteiger partial charge in [0.15, 0.2) is 0 Å². The summed E-state index contributed by atoms with van der Waals surface area (Å²) in [4.78, 5) is 17.3. The van der Waals surface area contributed by atoms with Crippen LogP contribution in [-0.2, 0) is 0 Å². The molecule has 4 rings (SSSR count). The molecule has 1 amide bonds. The van der Waals surface area contributed by atoms with Crippen molar-refractivity contribution < 1.29 is 4.79 Å². The third-order valence-corrected chi connectivity index (χ3v) is 6.47. The van der Waals surface area contributed by atoms with Crippen molar-refractivity contribution in [3.63, 3.8) is 0 Å². The number of hydrogen-bond donors (Lipinski definition) is 1. The van der Waals surface area contributed by atoms with Gasteiger partial charge < -0.3 is 9.80 Å². The highest BCUT2D eigenvalue weighted by Gasteiger charge is 2.42. The zero-order chi connectivity index (χ0) is 18.9. The molecule has 2 aliphatic heterocycles. The topological polar surface area (TPSA) is 52.2 Å². The van der Waals surface area contributed by atoms with E-state index < -0.39 is 0 Å². The molecule has 1 aromatic heterocycles. The summed E-state index contributed by atoms with van der Waals surface area (Å²) in [7, 11) is 0. The van der Waals surface area contributed by atoms with Crippen LogP contribution in [0.15, 0.2) is 36.4 Å². The summed E-state index contributed by atoms with van der Waals surface area (Å²) in [6, 6.07) is 12.8. The Labute approximate surface area is 161 Å². The van der Waals surface area contributed by atoms with E-state index in [0.29, 0.717) is 17.0 Å². The average molecular weight is 367 g/mol. The fourth-order valence-corrected chi connectivity index (χ4v) is 4.93. The van der Waals surface area contributed by atoms with Gasteiger partial charge in [0.2, 0.25) is 0 Å². The second kappa shape index (κ2) is 7.47. The van der Waals surface area contributed by atoms with E-state index in [2.05, 4.69) is 52.4 Å². The molecule has 5 nitrogen and oxygen atoms in total. The lowest BCUT2D eigenvalue weighted by atomic mass is 9.68. The first-order valence-electron chi connectivity index (χ1n) is 10.2. The fourth-order valence-electron chi connectivity index (χ4n) is 4.93. The maximum Gasteiger partial charge on any atom is 0.274 e. The van der Waals surface area contributed by atoms with Crippen molar-refractivity contribution in [1.29, 1.82) is 0 Å². The molecular formula is C22H30N4O. The van der Waals surface area contributed by atoms with Gasteiger partial charge in [-0.2, -0.15) is 5.10 Å². The molecule has 0 bridgehead atoms. The minimum atomic E-state index is 0.0666. The summed E-state index contributed by atoms with van der Waals surface area (Å²) in [6.45, 7) is 9.28. The molecule has 1 N–H and O–H groups in total. The predicted octanol–water partition coefficient (Wildman–Crippen LogP) is 3.45. The molecule has 0 aliphatic carbocycles. The molecule has 1 spiro atoms. The lowest BCUT2D eigenvalue weighted by Crippen LogP contribution is -2.52. The van der Waals surface area contributed by atoms with Gasteiger partial charge in [0, 0.05) is 31.9 Å². The van der Waals surface area contributed by atoms with E-state index in [1.807, 2.05) is 17.9 Å². The molecule has 1 atom stereocenters. The Morgan fingerprint density at radius 1 is 1.26 bits per heavy atom. The van der Waals surface area contributed by atoms with Gasteiger partial charge in [-0.05, 0) is 55.7 Å². The van der Waals surface area contributed by atoms with Gasteiger partial charge in [-0.1, -0.05) is 37.3 Å². The Bertz CT molecular complexity index is 777. The molecule has 3 heterocycles. The number of benzene rings is 1. The van der Waals surface area contributed by atoms with Crippen LogP contribution in [0.3, 0.4) is 0 Å². The van der Waals surface area contributed by atoms with Gasteiger partial charge in [-0.3, -0.25) is 9.89 Å². The molecule has 5 heteroatoms. The van der Waals surface area contributed by atoms with E-state index in [1.165, 1.54) is 12.0 Å². The zero-order valence-corrected chi connectivity index (χ0v) is 16.4. The minimum absolute atomic E-state index is 0.0666. The van der Waals surface area contributed by atoms with Crippen LogP contribution in [0.4, 0.5) is 0 Å². The van der Waals surface area contributed by atoms with E-state index in [-0.39, 0.29) is 5.91 Å². The van der Waals surface area contributed by atoms with Crippen LogP contribution in [0, 0.1) is 12.3 Å². The summed E-state index contributed by atoms with van der Waals surface area (Å²) >= 11 is 0. The van der Waals surface area contributed by atoms with E-state index in [0.717, 1.165) is 51.3 Å². The van der Waals surface area contributed by atoms with Crippen LogP contribution < -0.4 is 0 Å². The van der Waals surface area contributed by atoms with Crippen LogP contribution in [0.2, 0.25) is 0 Å². The third kappa shape index (κ3) is 3.79. The number of rotatable bonds is 3. The number of aryl methyl sites for hydroxylation is 1. The van der Waals surface area contributed by atoms with Gasteiger partial charge in [0.05, 0.1) is 0 Å². The van der Waals surface area contributed by atoms with Gasteiger partial charge in [0.25, 0.3) is 5.91 Å². The molecule has 0 saturated carbocycles. The summed E-state index contributed by atoms with van der Waals surface area (Å²) < 4.78 is 0. The Morgan fingerprint density at radius 3 is 2.63 bits per heavy atom. The van der Waals surface area contributed by atoms with Crippen molar-refractivity contribution in [3.05, 3.63) is 53.3 Å². The number of hydrogen-bond acceptors (Lipinski definition) is 3. The molecule has 1 aromatic carbocycles. The number of amides is 1. The normalized spacial score (nSPS) is 22.9. The highest BCUT2D eigenvalue weighted by atomic mass is 16.2. The summed E-state index contributed by atoms with van der Waals surface area (Å²) in [5, 5.41) is 7.03. The molecule has 0 radical (unpaired) electrons. The Hall–Kier alpha value is -2.14. The molecule has 2 aromatic rings. The van der Waals surface area contributed by atoms with Crippen LogP contribution in [0.25, 0.3) is 0 Å². The van der Waals surface area contributed by atoms with Crippen molar-refractivity contribution in [2.75, 3.05) is 32.7 Å². The molecule has 2 aliphatic rings. The highest BCUT2D eigenvalue weighted by Crippen LogP contribution is 2.45. The molecule has 0 unspecified atom stereocenters. The number of aromatic amines is 1. The highest BCUT2D eigenvalue weighted by molar-refractivity contribution is 5.92. The van der Waals surface area contributed by atoms with Gasteiger partial charge >= 0.3 is 0 Å². The van der Waals surface area contributed by atoms with Crippen molar-refractivity contribution in [2.45, 2.75) is 39.0 Å². The van der Waals surface area contributed by atoms with Crippen molar-refractivity contribution >= 4 is 5.91 Å².